The van der Waals surface area contributed by atoms with Gasteiger partial charge < -0.3 is 35.0 Å². The van der Waals surface area contributed by atoms with Crippen molar-refractivity contribution in [3.8, 4) is 22.6 Å². The summed E-state index contributed by atoms with van der Waals surface area (Å²) in [6, 6.07) is 7.25. The van der Waals surface area contributed by atoms with E-state index in [1.165, 1.54) is 48.1 Å². The van der Waals surface area contributed by atoms with Crippen molar-refractivity contribution in [1.29, 1.82) is 0 Å². The zero-order valence-corrected chi connectivity index (χ0v) is 28.8. The van der Waals surface area contributed by atoms with E-state index in [0.29, 0.717) is 36.2 Å². The number of nitrogen functional groups attached to an aromatic ring is 1. The first-order valence-corrected chi connectivity index (χ1v) is 16.5. The quantitative estimate of drug-likeness (QED) is 0.219. The molecular weight excluding hydrogens is 693 g/mol. The van der Waals surface area contributed by atoms with Crippen LogP contribution in [0.25, 0.3) is 22.6 Å². The number of hydrogen-bond acceptors (Lipinski definition) is 8. The number of rotatable bonds is 6. The molecule has 1 aromatic carbocycles. The molecular formula is C33H37ClF3N10O4+. The van der Waals surface area contributed by atoms with E-state index in [1.54, 1.807) is 9.80 Å². The van der Waals surface area contributed by atoms with Gasteiger partial charge in [-0.05, 0) is 30.3 Å². The van der Waals surface area contributed by atoms with Crippen LogP contribution in [0.2, 0.25) is 5.02 Å². The van der Waals surface area contributed by atoms with E-state index >= 15 is 0 Å². The van der Waals surface area contributed by atoms with Crippen LogP contribution >= 0.6 is 11.6 Å². The molecule has 2 saturated heterocycles. The van der Waals surface area contributed by atoms with Gasteiger partial charge in [-0.15, -0.1) is 0 Å². The average molecular weight is 730 g/mol. The number of nitrogens with two attached hydrogens (primary N) is 1. The fraction of sp³-hybridized carbons (Fsp3) is 0.394. The number of likely N-dealkylation sites (tertiary alicyclic amines) is 1. The van der Waals surface area contributed by atoms with Crippen LogP contribution < -0.4 is 11.1 Å². The minimum Gasteiger partial charge on any atom is -0.397 e. The zero-order valence-electron chi connectivity index (χ0n) is 28.0. The molecule has 14 nitrogen and oxygen atoms in total. The third-order valence-electron chi connectivity index (χ3n) is 9.37. The van der Waals surface area contributed by atoms with Gasteiger partial charge in [0.15, 0.2) is 5.82 Å². The number of benzene rings is 1. The maximum absolute atomic E-state index is 14.0. The number of piperidine rings is 1. The lowest BCUT2D eigenvalue weighted by molar-refractivity contribution is -0.899. The van der Waals surface area contributed by atoms with Crippen LogP contribution in [-0.2, 0) is 18.0 Å². The number of piperazine rings is 1. The highest BCUT2D eigenvalue weighted by Crippen LogP contribution is 2.41. The Morgan fingerprint density at radius 3 is 2.39 bits per heavy atom. The SMILES string of the molecule is Cn1c(-c2c(-c3ccc(N)cn3)n[nH]c2C(F)(F)F)cnc1C(=O)Nc1ccc(C(=O)N2CCN(C(=O)[C@@H]3CC[N+](C)(C)C[C@H]3O)CC2)c(Cl)c1. The smallest absolute Gasteiger partial charge is 0.397 e. The summed E-state index contributed by atoms with van der Waals surface area (Å²) in [4.78, 5) is 51.3. The summed E-state index contributed by atoms with van der Waals surface area (Å²) in [6.07, 6.45) is -2.51. The summed E-state index contributed by atoms with van der Waals surface area (Å²) >= 11 is 6.50. The Morgan fingerprint density at radius 1 is 1.06 bits per heavy atom. The van der Waals surface area contributed by atoms with Crippen LogP contribution in [0.5, 0.6) is 0 Å². The molecule has 0 saturated carbocycles. The number of likely N-dealkylation sites (N-methyl/N-ethyl adjacent to an activating group) is 1. The number of nitrogens with one attached hydrogen (secondary N) is 2. The number of carbonyl (C=O) groups excluding carboxylic acids is 3. The Hall–Kier alpha value is -5.00. The lowest BCUT2D eigenvalue weighted by Crippen LogP contribution is -2.58. The number of alkyl halides is 3. The second kappa shape index (κ2) is 13.6. The lowest BCUT2D eigenvalue weighted by atomic mass is 9.91. The van der Waals surface area contributed by atoms with Crippen molar-refractivity contribution in [2.45, 2.75) is 18.7 Å². The number of aromatic nitrogens is 5. The molecule has 3 aromatic heterocycles. The molecule has 0 unspecified atom stereocenters. The van der Waals surface area contributed by atoms with E-state index in [4.69, 9.17) is 17.3 Å². The van der Waals surface area contributed by atoms with Crippen molar-refractivity contribution >= 4 is 40.7 Å². The predicted molar refractivity (Wildman–Crippen MR) is 181 cm³/mol. The van der Waals surface area contributed by atoms with Gasteiger partial charge in [0.2, 0.25) is 5.91 Å². The highest BCUT2D eigenvalue weighted by atomic mass is 35.5. The van der Waals surface area contributed by atoms with Gasteiger partial charge in [-0.2, -0.15) is 18.3 Å². The van der Waals surface area contributed by atoms with Crippen LogP contribution in [0.4, 0.5) is 24.5 Å². The summed E-state index contributed by atoms with van der Waals surface area (Å²) in [5.41, 5.74) is 4.90. The third-order valence-corrected chi connectivity index (χ3v) is 9.68. The number of hydrogen-bond donors (Lipinski definition) is 4. The highest BCUT2D eigenvalue weighted by molar-refractivity contribution is 6.34. The second-order valence-corrected chi connectivity index (χ2v) is 13.8. The van der Waals surface area contributed by atoms with Crippen molar-refractivity contribution < 1.29 is 37.1 Å². The van der Waals surface area contributed by atoms with Crippen molar-refractivity contribution in [2.75, 3.05) is 64.4 Å². The topological polar surface area (TPSA) is 175 Å². The number of pyridine rings is 1. The Labute approximate surface area is 295 Å². The molecule has 3 amide bonds. The van der Waals surface area contributed by atoms with E-state index in [9.17, 15) is 32.7 Å². The molecule has 51 heavy (non-hydrogen) atoms. The molecule has 5 heterocycles. The van der Waals surface area contributed by atoms with Gasteiger partial charge in [0.25, 0.3) is 11.8 Å². The first kappa shape index (κ1) is 35.8. The van der Waals surface area contributed by atoms with Crippen LogP contribution in [0.15, 0.2) is 42.7 Å². The number of H-pyrrole nitrogens is 1. The number of aliphatic hydroxyl groups is 1. The molecule has 2 aliphatic heterocycles. The van der Waals surface area contributed by atoms with Crippen LogP contribution in [0.3, 0.4) is 0 Å². The fourth-order valence-corrected chi connectivity index (χ4v) is 6.82. The molecule has 0 aliphatic carbocycles. The van der Waals surface area contributed by atoms with E-state index in [-0.39, 0.29) is 69.6 Å². The van der Waals surface area contributed by atoms with E-state index in [0.717, 1.165) is 12.7 Å². The van der Waals surface area contributed by atoms with Crippen LogP contribution in [0, 0.1) is 5.92 Å². The molecule has 0 bridgehead atoms. The maximum atomic E-state index is 14.0. The van der Waals surface area contributed by atoms with Gasteiger partial charge >= 0.3 is 6.18 Å². The van der Waals surface area contributed by atoms with Crippen molar-refractivity contribution in [3.63, 3.8) is 0 Å². The highest BCUT2D eigenvalue weighted by Gasteiger charge is 2.41. The molecule has 2 fully saturated rings. The standard InChI is InChI=1S/C33H36ClF3N10O4/c1-44-24(26-27(23-7-4-18(38)15-39-23)42-43-28(26)33(35,36)37)16-40-29(44)30(49)41-19-5-6-20(22(34)14-19)31(50)45-9-11-46(12-10-45)32(51)21-8-13-47(2,3)17-25(21)48/h4-7,14-16,21,25,48H,8-13,17H2,1-3H3,(H3-,38,39,40,41,42,43,49,50)/p+1/t21-,25-/m1/s1. The first-order valence-electron chi connectivity index (χ1n) is 16.1. The fourth-order valence-electron chi connectivity index (χ4n) is 6.56. The summed E-state index contributed by atoms with van der Waals surface area (Å²) in [5, 5.41) is 19.2. The number of carbonyl (C=O) groups is 3. The molecule has 18 heteroatoms. The molecule has 270 valence electrons. The number of nitrogens with zero attached hydrogens (tertiary/aromatic N) is 7. The number of imidazole rings is 1. The van der Waals surface area contributed by atoms with Gasteiger partial charge in [-0.25, -0.2) is 4.98 Å². The normalized spacial score (nSPS) is 19.2. The molecule has 2 aliphatic rings. The van der Waals surface area contributed by atoms with E-state index < -0.39 is 29.8 Å². The average Bonchev–Trinajstić information content (AvgIpc) is 3.68. The number of aromatic amines is 1. The van der Waals surface area contributed by atoms with E-state index in [2.05, 4.69) is 20.4 Å². The van der Waals surface area contributed by atoms with Crippen molar-refractivity contribution in [2.24, 2.45) is 13.0 Å². The zero-order chi connectivity index (χ0) is 36.8. The Morgan fingerprint density at radius 2 is 1.76 bits per heavy atom. The van der Waals surface area contributed by atoms with Gasteiger partial charge in [0.05, 0.1) is 72.2 Å². The maximum Gasteiger partial charge on any atom is 0.433 e. The number of anilines is 2. The number of quaternary nitrogens is 1. The molecule has 6 rings (SSSR count). The third kappa shape index (κ3) is 7.27. The van der Waals surface area contributed by atoms with Crippen molar-refractivity contribution in [1.82, 2.24) is 34.5 Å². The van der Waals surface area contributed by atoms with Gasteiger partial charge in [0, 0.05) is 45.3 Å². The molecule has 4 aromatic rings. The number of halogens is 4. The van der Waals surface area contributed by atoms with Gasteiger partial charge in [-0.3, -0.25) is 24.5 Å². The minimum absolute atomic E-state index is 0.0475. The van der Waals surface area contributed by atoms with Crippen LogP contribution in [-0.4, -0.2) is 121 Å². The summed E-state index contributed by atoms with van der Waals surface area (Å²) < 4.78 is 43.9. The van der Waals surface area contributed by atoms with Gasteiger partial charge in [-0.1, -0.05) is 11.6 Å². The largest absolute Gasteiger partial charge is 0.433 e. The Kier molecular flexibility index (Phi) is 9.56. The molecule has 0 spiro atoms. The Balaban J connectivity index is 1.13. The molecule has 2 atom stereocenters. The van der Waals surface area contributed by atoms with Crippen LogP contribution in [0.1, 0.15) is 33.1 Å². The monoisotopic (exact) mass is 729 g/mol. The summed E-state index contributed by atoms with van der Waals surface area (Å²) in [5.74, 6) is -1.85. The Bertz CT molecular complexity index is 1970. The summed E-state index contributed by atoms with van der Waals surface area (Å²) in [6.45, 7) is 2.52. The number of aliphatic hydroxyl groups excluding tert-OH is 1. The lowest BCUT2D eigenvalue weighted by Gasteiger charge is -2.42. The predicted octanol–water partition coefficient (Wildman–Crippen LogP) is 3.12. The van der Waals surface area contributed by atoms with Gasteiger partial charge in [0.1, 0.15) is 24.0 Å². The minimum atomic E-state index is -4.81. The molecule has 5 N–H and O–H groups in total. The van der Waals surface area contributed by atoms with Crippen molar-refractivity contribution in [3.05, 3.63) is 64.8 Å². The van der Waals surface area contributed by atoms with E-state index in [1.807, 2.05) is 19.2 Å². The molecule has 0 radical (unpaired) electrons. The summed E-state index contributed by atoms with van der Waals surface area (Å²) in [7, 11) is 5.44. The number of amides is 3. The first-order chi connectivity index (χ1) is 24.0. The second-order valence-electron chi connectivity index (χ2n) is 13.4.